The van der Waals surface area contributed by atoms with Gasteiger partial charge in [0.1, 0.15) is 0 Å². The molecule has 2 aromatic heterocycles. The van der Waals surface area contributed by atoms with Crippen molar-refractivity contribution in [3.8, 4) is 22.8 Å². The Labute approximate surface area is 156 Å². The lowest BCUT2D eigenvalue weighted by molar-refractivity contribution is -0.136. The number of nitrogens with zero attached hydrogens (tertiary/aromatic N) is 3. The van der Waals surface area contributed by atoms with Gasteiger partial charge >= 0.3 is 12.8 Å². The van der Waals surface area contributed by atoms with Gasteiger partial charge in [-0.2, -0.15) is 27.1 Å². The summed E-state index contributed by atoms with van der Waals surface area (Å²) in [6, 6.07) is 4.75. The highest BCUT2D eigenvalue weighted by Gasteiger charge is 2.35. The summed E-state index contributed by atoms with van der Waals surface area (Å²) in [4.78, 5) is 4.33. The molecular formula is C18H16F5N3O2. The van der Waals surface area contributed by atoms with Gasteiger partial charge in [0.05, 0.1) is 29.4 Å². The van der Waals surface area contributed by atoms with Crippen LogP contribution in [-0.4, -0.2) is 28.5 Å². The van der Waals surface area contributed by atoms with E-state index in [1.54, 1.807) is 6.92 Å². The summed E-state index contributed by atoms with van der Waals surface area (Å²) < 4.78 is 76.7. The largest absolute Gasteiger partial charge is 0.493 e. The second kappa shape index (κ2) is 7.25. The van der Waals surface area contributed by atoms with Gasteiger partial charge in [0.15, 0.2) is 17.1 Å². The van der Waals surface area contributed by atoms with Crippen molar-refractivity contribution >= 4 is 11.0 Å². The van der Waals surface area contributed by atoms with Crippen LogP contribution in [0.4, 0.5) is 22.0 Å². The molecule has 0 aliphatic rings. The fourth-order valence-corrected chi connectivity index (χ4v) is 2.97. The fraction of sp³-hybridized carbons (Fsp3) is 0.333. The zero-order chi connectivity index (χ0) is 20.6. The number of pyridine rings is 1. The smallest absolute Gasteiger partial charge is 0.417 e. The molecular weight excluding hydrogens is 385 g/mol. The van der Waals surface area contributed by atoms with Crippen molar-refractivity contribution in [2.75, 3.05) is 7.11 Å². The molecule has 5 nitrogen and oxygen atoms in total. The molecule has 28 heavy (non-hydrogen) atoms. The predicted molar refractivity (Wildman–Crippen MR) is 91.6 cm³/mol. The van der Waals surface area contributed by atoms with Crippen LogP contribution in [0.2, 0.25) is 0 Å². The first-order valence-electron chi connectivity index (χ1n) is 8.24. The molecule has 3 aromatic rings. The first-order valence-corrected chi connectivity index (χ1v) is 8.24. The lowest BCUT2D eigenvalue weighted by Gasteiger charge is -2.14. The SMILES string of the molecule is CCn1nc(C)c2c(C(F)(F)F)cc(-c3ccc(OC(F)F)c(OC)c3)nc21. The number of benzene rings is 1. The van der Waals surface area contributed by atoms with Crippen LogP contribution in [0.3, 0.4) is 0 Å². The molecule has 0 aliphatic carbocycles. The Morgan fingerprint density at radius 2 is 1.86 bits per heavy atom. The topological polar surface area (TPSA) is 49.2 Å². The highest BCUT2D eigenvalue weighted by Crippen LogP contribution is 2.39. The first kappa shape index (κ1) is 19.8. The molecule has 0 saturated heterocycles. The van der Waals surface area contributed by atoms with Crippen molar-refractivity contribution in [1.29, 1.82) is 0 Å². The predicted octanol–water partition coefficient (Wildman–Crippen LogP) is 5.06. The summed E-state index contributed by atoms with van der Waals surface area (Å²) in [6.07, 6.45) is -4.62. The molecule has 150 valence electrons. The number of alkyl halides is 5. The molecule has 0 atom stereocenters. The van der Waals surface area contributed by atoms with Crippen LogP contribution in [0.5, 0.6) is 11.5 Å². The Hall–Kier alpha value is -2.91. The zero-order valence-corrected chi connectivity index (χ0v) is 15.1. The average molecular weight is 401 g/mol. The molecule has 1 aromatic carbocycles. The van der Waals surface area contributed by atoms with Crippen LogP contribution in [0.15, 0.2) is 24.3 Å². The molecule has 10 heteroatoms. The maximum absolute atomic E-state index is 13.7. The molecule has 0 N–H and O–H groups in total. The molecule has 0 radical (unpaired) electrons. The van der Waals surface area contributed by atoms with E-state index in [0.29, 0.717) is 6.54 Å². The van der Waals surface area contributed by atoms with Crippen molar-refractivity contribution in [3.63, 3.8) is 0 Å². The van der Waals surface area contributed by atoms with Gasteiger partial charge < -0.3 is 9.47 Å². The third kappa shape index (κ3) is 3.58. The van der Waals surface area contributed by atoms with E-state index in [1.807, 2.05) is 0 Å². The van der Waals surface area contributed by atoms with Gasteiger partial charge in [-0.15, -0.1) is 0 Å². The van der Waals surface area contributed by atoms with E-state index < -0.39 is 18.4 Å². The minimum absolute atomic E-state index is 0.0105. The number of halogens is 5. The van der Waals surface area contributed by atoms with Gasteiger partial charge in [-0.05, 0) is 38.1 Å². The van der Waals surface area contributed by atoms with E-state index >= 15 is 0 Å². The maximum atomic E-state index is 13.7. The van der Waals surface area contributed by atoms with Crippen LogP contribution < -0.4 is 9.47 Å². The van der Waals surface area contributed by atoms with Gasteiger partial charge in [-0.1, -0.05) is 0 Å². The summed E-state index contributed by atoms with van der Waals surface area (Å²) in [5, 5.41) is 4.06. The summed E-state index contributed by atoms with van der Waals surface area (Å²) >= 11 is 0. The third-order valence-corrected chi connectivity index (χ3v) is 4.16. The molecule has 0 fully saturated rings. The van der Waals surface area contributed by atoms with Crippen molar-refractivity contribution < 1.29 is 31.4 Å². The number of aromatic nitrogens is 3. The van der Waals surface area contributed by atoms with Crippen LogP contribution in [0.1, 0.15) is 18.2 Å². The normalized spacial score (nSPS) is 12.0. The van der Waals surface area contributed by atoms with Crippen LogP contribution >= 0.6 is 0 Å². The molecule has 0 spiro atoms. The molecule has 0 aliphatic heterocycles. The van der Waals surface area contributed by atoms with Gasteiger partial charge in [-0.3, -0.25) is 0 Å². The van der Waals surface area contributed by atoms with Gasteiger partial charge in [-0.25, -0.2) is 9.67 Å². The van der Waals surface area contributed by atoms with Crippen LogP contribution in [-0.2, 0) is 12.7 Å². The molecule has 3 rings (SSSR count). The number of hydrogen-bond donors (Lipinski definition) is 0. The molecule has 0 unspecified atom stereocenters. The minimum atomic E-state index is -4.62. The summed E-state index contributed by atoms with van der Waals surface area (Å²) in [6.45, 7) is 0.508. The number of fused-ring (bicyclic) bond motifs is 1. The van der Waals surface area contributed by atoms with Gasteiger partial charge in [0, 0.05) is 12.1 Å². The second-order valence-electron chi connectivity index (χ2n) is 5.90. The Balaban J connectivity index is 2.23. The average Bonchev–Trinajstić information content (AvgIpc) is 2.96. The van der Waals surface area contributed by atoms with E-state index in [9.17, 15) is 22.0 Å². The number of ether oxygens (including phenoxy) is 2. The summed E-state index contributed by atoms with van der Waals surface area (Å²) in [5.41, 5.74) is -0.279. The van der Waals surface area contributed by atoms with Crippen molar-refractivity contribution in [1.82, 2.24) is 14.8 Å². The van der Waals surface area contributed by atoms with Crippen LogP contribution in [0.25, 0.3) is 22.3 Å². The fourth-order valence-electron chi connectivity index (χ4n) is 2.97. The molecule has 0 amide bonds. The molecule has 2 heterocycles. The zero-order valence-electron chi connectivity index (χ0n) is 15.1. The quantitative estimate of drug-likeness (QED) is 0.561. The van der Waals surface area contributed by atoms with Crippen LogP contribution in [0, 0.1) is 6.92 Å². The van der Waals surface area contributed by atoms with E-state index in [4.69, 9.17) is 4.74 Å². The lowest BCUT2D eigenvalue weighted by Crippen LogP contribution is -2.08. The molecule has 0 bridgehead atoms. The number of rotatable bonds is 5. The second-order valence-corrected chi connectivity index (χ2v) is 5.90. The van der Waals surface area contributed by atoms with E-state index in [0.717, 1.165) is 6.07 Å². The van der Waals surface area contributed by atoms with Crippen molar-refractivity contribution in [3.05, 3.63) is 35.5 Å². The Morgan fingerprint density at radius 1 is 1.14 bits per heavy atom. The van der Waals surface area contributed by atoms with E-state index in [2.05, 4.69) is 14.8 Å². The maximum Gasteiger partial charge on any atom is 0.417 e. The monoisotopic (exact) mass is 401 g/mol. The standard InChI is InChI=1S/C18H16F5N3O2/c1-4-26-16-15(9(2)25-26)11(18(21,22)23)8-12(24-16)10-5-6-13(28-17(19)20)14(7-10)27-3/h5-8,17H,4H2,1-3H3. The number of methoxy groups -OCH3 is 1. The molecule has 0 saturated carbocycles. The summed E-state index contributed by atoms with van der Waals surface area (Å²) in [7, 11) is 1.24. The minimum Gasteiger partial charge on any atom is -0.493 e. The lowest BCUT2D eigenvalue weighted by atomic mass is 10.0. The number of hydrogen-bond acceptors (Lipinski definition) is 4. The van der Waals surface area contributed by atoms with Crippen molar-refractivity contribution in [2.24, 2.45) is 0 Å². The Bertz CT molecular complexity index is 1010. The highest BCUT2D eigenvalue weighted by molar-refractivity contribution is 5.86. The van der Waals surface area contributed by atoms with Crippen molar-refractivity contribution in [2.45, 2.75) is 33.2 Å². The van der Waals surface area contributed by atoms with Gasteiger partial charge in [0.2, 0.25) is 0 Å². The van der Waals surface area contributed by atoms with E-state index in [1.165, 1.54) is 36.9 Å². The third-order valence-electron chi connectivity index (χ3n) is 4.16. The summed E-state index contributed by atoms with van der Waals surface area (Å²) in [5.74, 6) is -0.277. The highest BCUT2D eigenvalue weighted by atomic mass is 19.4. The van der Waals surface area contributed by atoms with E-state index in [-0.39, 0.29) is 39.5 Å². The Kier molecular flexibility index (Phi) is 5.14. The first-order chi connectivity index (χ1) is 13.2. The Morgan fingerprint density at radius 3 is 2.43 bits per heavy atom. The number of aryl methyl sites for hydroxylation is 2. The van der Waals surface area contributed by atoms with Gasteiger partial charge in [0.25, 0.3) is 0 Å².